The summed E-state index contributed by atoms with van der Waals surface area (Å²) in [6.45, 7) is 5.36. The number of esters is 1. The molecule has 1 atom stereocenters. The van der Waals surface area contributed by atoms with Gasteiger partial charge in [0.2, 0.25) is 6.23 Å². The lowest BCUT2D eigenvalue weighted by atomic mass is 10.1. The van der Waals surface area contributed by atoms with E-state index in [-0.39, 0.29) is 0 Å². The van der Waals surface area contributed by atoms with Crippen molar-refractivity contribution < 1.29 is 19.1 Å². The normalized spacial score (nSPS) is 18.1. The molecule has 1 aromatic rings. The van der Waals surface area contributed by atoms with Crippen molar-refractivity contribution >= 4 is 17.6 Å². The van der Waals surface area contributed by atoms with Gasteiger partial charge in [0.15, 0.2) is 0 Å². The Labute approximate surface area is 110 Å². The fourth-order valence-electron chi connectivity index (χ4n) is 1.58. The summed E-state index contributed by atoms with van der Waals surface area (Å²) in [5, 5.41) is 2.58. The molecule has 1 amide bonds. The summed E-state index contributed by atoms with van der Waals surface area (Å²) in [6.07, 6.45) is -1.07. The third-order valence-corrected chi connectivity index (χ3v) is 2.39. The molecule has 0 fully saturated rings. The van der Waals surface area contributed by atoms with Gasteiger partial charge in [-0.15, -0.1) is 0 Å². The molecule has 6 heteroatoms. The van der Waals surface area contributed by atoms with Gasteiger partial charge in [-0.05, 0) is 39.0 Å². The molecule has 2 rings (SSSR count). The number of carbonyl (C=O) groups excluding carboxylic acids is 2. The summed E-state index contributed by atoms with van der Waals surface area (Å²) in [5.74, 6) is -0.516. The van der Waals surface area contributed by atoms with E-state index in [1.807, 2.05) is 0 Å². The SMILES string of the molecule is CC(C)(C)OC(=O)c1ccc2c(c1)OC(N)C(=O)N2. The average Bonchev–Trinajstić information content (AvgIpc) is 2.27. The topological polar surface area (TPSA) is 90.7 Å². The van der Waals surface area contributed by atoms with Crippen molar-refractivity contribution in [3.63, 3.8) is 0 Å². The first-order chi connectivity index (χ1) is 8.76. The van der Waals surface area contributed by atoms with Gasteiger partial charge < -0.3 is 14.8 Å². The summed E-state index contributed by atoms with van der Waals surface area (Å²) in [7, 11) is 0. The van der Waals surface area contributed by atoms with Crippen molar-refractivity contribution in [2.24, 2.45) is 5.73 Å². The molecule has 1 heterocycles. The zero-order valence-electron chi connectivity index (χ0n) is 11.0. The number of fused-ring (bicyclic) bond motifs is 1. The van der Waals surface area contributed by atoms with Crippen LogP contribution in [0.1, 0.15) is 31.1 Å². The standard InChI is InChI=1S/C13H16N2O4/c1-13(2,3)19-12(17)7-4-5-8-9(6-7)18-10(14)11(16)15-8/h4-6,10H,14H2,1-3H3,(H,15,16). The lowest BCUT2D eigenvalue weighted by Gasteiger charge is -2.24. The third-order valence-electron chi connectivity index (χ3n) is 2.39. The number of nitrogens with two attached hydrogens (primary N) is 1. The molecule has 0 radical (unpaired) electrons. The van der Waals surface area contributed by atoms with E-state index in [1.165, 1.54) is 6.07 Å². The molecular formula is C13H16N2O4. The highest BCUT2D eigenvalue weighted by Crippen LogP contribution is 2.30. The number of amides is 1. The van der Waals surface area contributed by atoms with Crippen LogP contribution in [0.5, 0.6) is 5.75 Å². The Bertz CT molecular complexity index is 534. The Hall–Kier alpha value is -2.08. The minimum atomic E-state index is -1.07. The molecule has 0 saturated carbocycles. The van der Waals surface area contributed by atoms with E-state index in [0.717, 1.165) is 0 Å². The summed E-state index contributed by atoms with van der Waals surface area (Å²) in [5.41, 5.74) is 5.73. The lowest BCUT2D eigenvalue weighted by Crippen LogP contribution is -2.43. The van der Waals surface area contributed by atoms with Gasteiger partial charge in [0.05, 0.1) is 11.3 Å². The van der Waals surface area contributed by atoms with Gasteiger partial charge in [0.1, 0.15) is 11.4 Å². The van der Waals surface area contributed by atoms with E-state index in [4.69, 9.17) is 15.2 Å². The maximum atomic E-state index is 11.9. The summed E-state index contributed by atoms with van der Waals surface area (Å²) in [4.78, 5) is 23.2. The quantitative estimate of drug-likeness (QED) is 0.745. The predicted octanol–water partition coefficient (Wildman–Crippen LogP) is 1.26. The van der Waals surface area contributed by atoms with Gasteiger partial charge in [0, 0.05) is 0 Å². The van der Waals surface area contributed by atoms with Crippen molar-refractivity contribution in [2.45, 2.75) is 32.6 Å². The summed E-state index contributed by atoms with van der Waals surface area (Å²) < 4.78 is 10.5. The van der Waals surface area contributed by atoms with Crippen LogP contribution in [0.3, 0.4) is 0 Å². The van der Waals surface area contributed by atoms with Crippen LogP contribution >= 0.6 is 0 Å². The number of hydrogen-bond acceptors (Lipinski definition) is 5. The Balaban J connectivity index is 2.24. The van der Waals surface area contributed by atoms with E-state index >= 15 is 0 Å². The number of ether oxygens (including phenoxy) is 2. The van der Waals surface area contributed by atoms with Crippen LogP contribution in [0, 0.1) is 0 Å². The molecule has 1 unspecified atom stereocenters. The van der Waals surface area contributed by atoms with E-state index < -0.39 is 23.7 Å². The minimum absolute atomic E-state index is 0.344. The highest BCUT2D eigenvalue weighted by Gasteiger charge is 2.26. The molecule has 19 heavy (non-hydrogen) atoms. The largest absolute Gasteiger partial charge is 0.464 e. The van der Waals surface area contributed by atoms with Gasteiger partial charge in [-0.25, -0.2) is 4.79 Å². The first-order valence-corrected chi connectivity index (χ1v) is 5.87. The molecule has 3 N–H and O–H groups in total. The molecule has 1 aliphatic rings. The van der Waals surface area contributed by atoms with Gasteiger partial charge in [-0.1, -0.05) is 0 Å². The fraction of sp³-hybridized carbons (Fsp3) is 0.385. The average molecular weight is 264 g/mol. The van der Waals surface area contributed by atoms with Gasteiger partial charge >= 0.3 is 5.97 Å². The Morgan fingerprint density at radius 1 is 1.42 bits per heavy atom. The maximum absolute atomic E-state index is 11.9. The minimum Gasteiger partial charge on any atom is -0.464 e. The molecule has 0 aliphatic carbocycles. The second-order valence-corrected chi connectivity index (χ2v) is 5.24. The second-order valence-electron chi connectivity index (χ2n) is 5.24. The van der Waals surface area contributed by atoms with Crippen molar-refractivity contribution in [1.82, 2.24) is 0 Å². The molecule has 6 nitrogen and oxygen atoms in total. The molecule has 0 saturated heterocycles. The van der Waals surface area contributed by atoms with Crippen LogP contribution < -0.4 is 15.8 Å². The number of benzene rings is 1. The number of nitrogens with one attached hydrogen (secondary N) is 1. The smallest absolute Gasteiger partial charge is 0.338 e. The van der Waals surface area contributed by atoms with Crippen LogP contribution in [0.2, 0.25) is 0 Å². The zero-order valence-corrected chi connectivity index (χ0v) is 11.0. The van der Waals surface area contributed by atoms with Crippen LogP contribution in [0.25, 0.3) is 0 Å². The van der Waals surface area contributed by atoms with E-state index in [2.05, 4.69) is 5.32 Å². The van der Waals surface area contributed by atoms with E-state index in [1.54, 1.807) is 32.9 Å². The van der Waals surface area contributed by atoms with Crippen LogP contribution in [-0.2, 0) is 9.53 Å². The fourth-order valence-corrected chi connectivity index (χ4v) is 1.58. The molecule has 0 spiro atoms. The number of anilines is 1. The molecule has 102 valence electrons. The third kappa shape index (κ3) is 3.03. The lowest BCUT2D eigenvalue weighted by molar-refractivity contribution is -0.123. The summed E-state index contributed by atoms with van der Waals surface area (Å²) in [6, 6.07) is 4.65. The number of carbonyl (C=O) groups is 2. The van der Waals surface area contributed by atoms with Crippen molar-refractivity contribution in [3.05, 3.63) is 23.8 Å². The predicted molar refractivity (Wildman–Crippen MR) is 68.8 cm³/mol. The van der Waals surface area contributed by atoms with Gasteiger partial charge in [-0.3, -0.25) is 10.5 Å². The van der Waals surface area contributed by atoms with Gasteiger partial charge in [-0.2, -0.15) is 0 Å². The van der Waals surface area contributed by atoms with Gasteiger partial charge in [0.25, 0.3) is 5.91 Å². The molecule has 1 aromatic carbocycles. The zero-order chi connectivity index (χ0) is 14.2. The molecule has 0 aromatic heterocycles. The second kappa shape index (κ2) is 4.55. The van der Waals surface area contributed by atoms with E-state index in [0.29, 0.717) is 17.0 Å². The Kier molecular flexibility index (Phi) is 3.20. The first kappa shape index (κ1) is 13.4. The van der Waals surface area contributed by atoms with E-state index in [9.17, 15) is 9.59 Å². The number of rotatable bonds is 1. The van der Waals surface area contributed by atoms with Crippen molar-refractivity contribution in [3.8, 4) is 5.75 Å². The molecule has 1 aliphatic heterocycles. The highest BCUT2D eigenvalue weighted by atomic mass is 16.6. The van der Waals surface area contributed by atoms with Crippen molar-refractivity contribution in [1.29, 1.82) is 0 Å². The monoisotopic (exact) mass is 264 g/mol. The van der Waals surface area contributed by atoms with Crippen LogP contribution in [0.15, 0.2) is 18.2 Å². The first-order valence-electron chi connectivity index (χ1n) is 5.87. The highest BCUT2D eigenvalue weighted by molar-refractivity contribution is 5.99. The van der Waals surface area contributed by atoms with Crippen LogP contribution in [-0.4, -0.2) is 23.7 Å². The van der Waals surface area contributed by atoms with Crippen molar-refractivity contribution in [2.75, 3.05) is 5.32 Å². The van der Waals surface area contributed by atoms with Crippen LogP contribution in [0.4, 0.5) is 5.69 Å². The number of hydrogen-bond donors (Lipinski definition) is 2. The summed E-state index contributed by atoms with van der Waals surface area (Å²) >= 11 is 0. The molecular weight excluding hydrogens is 248 g/mol. The molecule has 0 bridgehead atoms. The maximum Gasteiger partial charge on any atom is 0.338 e. The Morgan fingerprint density at radius 3 is 2.74 bits per heavy atom. The Morgan fingerprint density at radius 2 is 2.11 bits per heavy atom.